The van der Waals surface area contributed by atoms with Gasteiger partial charge in [-0.3, -0.25) is 4.90 Å². The average Bonchev–Trinajstić information content (AvgIpc) is 2.59. The van der Waals surface area contributed by atoms with Crippen molar-refractivity contribution < 1.29 is 19.3 Å². The fraction of sp³-hybridized carbons (Fsp3) is 0.739. The molecule has 1 aromatic carbocycles. The summed E-state index contributed by atoms with van der Waals surface area (Å²) < 4.78 is 17.9. The molecule has 1 aromatic rings. The van der Waals surface area contributed by atoms with Crippen LogP contribution in [0.2, 0.25) is 0 Å². The van der Waals surface area contributed by atoms with Gasteiger partial charge >= 0.3 is 0 Å². The quantitative estimate of drug-likeness (QED) is 0.832. The summed E-state index contributed by atoms with van der Waals surface area (Å²) in [6.07, 6.45) is 4.99. The SMILES string of the molecule is COc1cc2c(cc1OCC1CCC1)CCN1C[C@@H](OC(C)(C)C)[C@H](O)C[C@H]21. The summed E-state index contributed by atoms with van der Waals surface area (Å²) >= 11 is 0. The van der Waals surface area contributed by atoms with Crippen LogP contribution in [0.3, 0.4) is 0 Å². The largest absolute Gasteiger partial charge is 0.493 e. The predicted molar refractivity (Wildman–Crippen MR) is 109 cm³/mol. The van der Waals surface area contributed by atoms with Crippen LogP contribution in [0.25, 0.3) is 0 Å². The van der Waals surface area contributed by atoms with Crippen LogP contribution in [0.5, 0.6) is 11.5 Å². The Bertz CT molecular complexity index is 695. The molecule has 0 bridgehead atoms. The van der Waals surface area contributed by atoms with E-state index in [1.54, 1.807) is 7.11 Å². The molecule has 0 aromatic heterocycles. The molecule has 5 heteroatoms. The Morgan fingerprint density at radius 2 is 1.96 bits per heavy atom. The van der Waals surface area contributed by atoms with Crippen molar-refractivity contribution in [2.75, 3.05) is 26.8 Å². The zero-order valence-electron chi connectivity index (χ0n) is 17.7. The molecular formula is C23H35NO4. The maximum Gasteiger partial charge on any atom is 0.161 e. The van der Waals surface area contributed by atoms with Crippen LogP contribution < -0.4 is 9.47 Å². The van der Waals surface area contributed by atoms with Crippen molar-refractivity contribution in [2.24, 2.45) is 5.92 Å². The number of benzene rings is 1. The second-order valence-electron chi connectivity index (χ2n) is 9.64. The fourth-order valence-corrected chi connectivity index (χ4v) is 4.70. The molecule has 1 aliphatic carbocycles. The van der Waals surface area contributed by atoms with Crippen molar-refractivity contribution >= 4 is 0 Å². The topological polar surface area (TPSA) is 51.2 Å². The lowest BCUT2D eigenvalue weighted by atomic mass is 9.84. The summed E-state index contributed by atoms with van der Waals surface area (Å²) in [6.45, 7) is 8.69. The average molecular weight is 390 g/mol. The molecule has 3 aliphatic rings. The molecule has 0 amide bonds. The van der Waals surface area contributed by atoms with Gasteiger partial charge in [-0.15, -0.1) is 0 Å². The first-order chi connectivity index (χ1) is 13.3. The van der Waals surface area contributed by atoms with Crippen LogP contribution in [0.15, 0.2) is 12.1 Å². The van der Waals surface area contributed by atoms with E-state index < -0.39 is 6.10 Å². The Balaban J connectivity index is 1.52. The zero-order valence-corrected chi connectivity index (χ0v) is 17.7. The molecular weight excluding hydrogens is 354 g/mol. The normalized spacial score (nSPS) is 28.2. The predicted octanol–water partition coefficient (Wildman–Crippen LogP) is 3.72. The molecule has 2 heterocycles. The summed E-state index contributed by atoms with van der Waals surface area (Å²) in [5, 5.41) is 10.7. The lowest BCUT2D eigenvalue weighted by Gasteiger charge is -2.46. The number of hydrogen-bond donors (Lipinski definition) is 1. The van der Waals surface area contributed by atoms with Crippen LogP contribution in [-0.4, -0.2) is 54.6 Å². The third-order valence-electron chi connectivity index (χ3n) is 6.41. The standard InChI is InChI=1S/C23H35NO4/c1-23(2,3)28-22-13-24-9-8-16-10-21(27-14-15-6-5-7-15)20(26-4)11-17(16)18(24)12-19(22)25/h10-11,15,18-19,22,25H,5-9,12-14H2,1-4H3/t18-,19-,22-/m1/s1. The number of hydrogen-bond acceptors (Lipinski definition) is 5. The van der Waals surface area contributed by atoms with Gasteiger partial charge in [-0.1, -0.05) is 6.42 Å². The third kappa shape index (κ3) is 4.17. The van der Waals surface area contributed by atoms with E-state index in [4.69, 9.17) is 14.2 Å². The molecule has 0 spiro atoms. The van der Waals surface area contributed by atoms with Gasteiger partial charge in [0.05, 0.1) is 31.5 Å². The molecule has 2 fully saturated rings. The van der Waals surface area contributed by atoms with Crippen molar-refractivity contribution in [1.29, 1.82) is 0 Å². The van der Waals surface area contributed by atoms with Gasteiger partial charge in [0, 0.05) is 19.1 Å². The van der Waals surface area contributed by atoms with Crippen molar-refractivity contribution in [3.8, 4) is 11.5 Å². The zero-order chi connectivity index (χ0) is 19.9. The van der Waals surface area contributed by atoms with E-state index in [1.807, 2.05) is 20.8 Å². The number of rotatable bonds is 5. The Kier molecular flexibility index (Phi) is 5.60. The number of ether oxygens (including phenoxy) is 3. The van der Waals surface area contributed by atoms with Crippen LogP contribution in [-0.2, 0) is 11.2 Å². The van der Waals surface area contributed by atoms with Gasteiger partial charge in [-0.25, -0.2) is 0 Å². The number of piperidine rings is 1. The van der Waals surface area contributed by atoms with Gasteiger partial charge in [0.2, 0.25) is 0 Å². The van der Waals surface area contributed by atoms with Gasteiger partial charge in [0.15, 0.2) is 11.5 Å². The molecule has 1 N–H and O–H groups in total. The minimum absolute atomic E-state index is 0.134. The van der Waals surface area contributed by atoms with Crippen LogP contribution >= 0.6 is 0 Å². The smallest absolute Gasteiger partial charge is 0.161 e. The third-order valence-corrected chi connectivity index (χ3v) is 6.41. The van der Waals surface area contributed by atoms with Gasteiger partial charge in [0.1, 0.15) is 0 Å². The number of aliphatic hydroxyl groups is 1. The molecule has 1 saturated heterocycles. The minimum Gasteiger partial charge on any atom is -0.493 e. The number of nitrogens with zero attached hydrogens (tertiary/aromatic N) is 1. The second-order valence-corrected chi connectivity index (χ2v) is 9.64. The van der Waals surface area contributed by atoms with E-state index in [0.717, 1.165) is 37.6 Å². The first-order valence-corrected chi connectivity index (χ1v) is 10.8. The number of methoxy groups -OCH3 is 1. The maximum atomic E-state index is 10.7. The van der Waals surface area contributed by atoms with Gasteiger partial charge < -0.3 is 19.3 Å². The van der Waals surface area contributed by atoms with Gasteiger partial charge in [-0.05, 0) is 75.6 Å². The highest BCUT2D eigenvalue weighted by Gasteiger charge is 2.40. The summed E-state index contributed by atoms with van der Waals surface area (Å²) in [7, 11) is 1.71. The number of aliphatic hydroxyl groups excluding tert-OH is 1. The van der Waals surface area contributed by atoms with Crippen LogP contribution in [0.1, 0.15) is 63.6 Å². The lowest BCUT2D eigenvalue weighted by Crippen LogP contribution is -2.53. The van der Waals surface area contributed by atoms with Gasteiger partial charge in [0.25, 0.3) is 0 Å². The highest BCUT2D eigenvalue weighted by atomic mass is 16.5. The molecule has 2 aliphatic heterocycles. The van der Waals surface area contributed by atoms with E-state index in [1.165, 1.54) is 30.4 Å². The Morgan fingerprint density at radius 1 is 1.18 bits per heavy atom. The summed E-state index contributed by atoms with van der Waals surface area (Å²) in [5.41, 5.74) is 2.35. The minimum atomic E-state index is -0.452. The van der Waals surface area contributed by atoms with E-state index >= 15 is 0 Å². The molecule has 156 valence electrons. The summed E-state index contributed by atoms with van der Waals surface area (Å²) in [6, 6.07) is 4.53. The Labute approximate surface area is 169 Å². The summed E-state index contributed by atoms with van der Waals surface area (Å²) in [5.74, 6) is 2.37. The molecule has 4 rings (SSSR count). The second kappa shape index (κ2) is 7.85. The van der Waals surface area contributed by atoms with E-state index in [9.17, 15) is 5.11 Å². The van der Waals surface area contributed by atoms with E-state index in [2.05, 4.69) is 17.0 Å². The highest BCUT2D eigenvalue weighted by Crippen LogP contribution is 2.43. The summed E-state index contributed by atoms with van der Waals surface area (Å²) in [4.78, 5) is 2.46. The van der Waals surface area contributed by atoms with Crippen molar-refractivity contribution in [2.45, 2.75) is 76.7 Å². The molecule has 0 unspecified atom stereocenters. The molecule has 1 saturated carbocycles. The Hall–Kier alpha value is -1.30. The molecule has 0 radical (unpaired) electrons. The number of fused-ring (bicyclic) bond motifs is 3. The van der Waals surface area contributed by atoms with Crippen molar-refractivity contribution in [3.63, 3.8) is 0 Å². The monoisotopic (exact) mass is 389 g/mol. The first-order valence-electron chi connectivity index (χ1n) is 10.8. The lowest BCUT2D eigenvalue weighted by molar-refractivity contribution is -0.149. The first kappa shape index (κ1) is 20.0. The van der Waals surface area contributed by atoms with Crippen LogP contribution in [0, 0.1) is 5.92 Å². The van der Waals surface area contributed by atoms with E-state index in [0.29, 0.717) is 12.3 Å². The fourth-order valence-electron chi connectivity index (χ4n) is 4.70. The van der Waals surface area contributed by atoms with Crippen molar-refractivity contribution in [3.05, 3.63) is 23.3 Å². The molecule has 3 atom stereocenters. The van der Waals surface area contributed by atoms with Gasteiger partial charge in [-0.2, -0.15) is 0 Å². The van der Waals surface area contributed by atoms with E-state index in [-0.39, 0.29) is 17.7 Å². The van der Waals surface area contributed by atoms with Crippen molar-refractivity contribution in [1.82, 2.24) is 4.90 Å². The van der Waals surface area contributed by atoms with Crippen LogP contribution in [0.4, 0.5) is 0 Å². The maximum absolute atomic E-state index is 10.7. The highest BCUT2D eigenvalue weighted by molar-refractivity contribution is 5.49. The molecule has 5 nitrogen and oxygen atoms in total. The Morgan fingerprint density at radius 3 is 2.61 bits per heavy atom. The molecule has 28 heavy (non-hydrogen) atoms.